The van der Waals surface area contributed by atoms with Gasteiger partial charge in [-0.25, -0.2) is 13.1 Å². The summed E-state index contributed by atoms with van der Waals surface area (Å²) in [5.74, 6) is 0. The summed E-state index contributed by atoms with van der Waals surface area (Å²) in [6.07, 6.45) is 1.40. The van der Waals surface area contributed by atoms with Crippen molar-refractivity contribution in [3.05, 3.63) is 40.6 Å². The highest BCUT2D eigenvalue weighted by atomic mass is 32.2. The van der Waals surface area contributed by atoms with Crippen LogP contribution in [-0.2, 0) is 14.8 Å². The smallest absolute Gasteiger partial charge is 0.278 e. The third-order valence-corrected chi connectivity index (χ3v) is 4.77. The Morgan fingerprint density at radius 3 is 2.75 bits per heavy atom. The van der Waals surface area contributed by atoms with Gasteiger partial charge in [0.2, 0.25) is 10.0 Å². The normalized spacial score (nSPS) is 11.7. The minimum atomic E-state index is -3.83. The molecule has 0 aliphatic rings. The minimum Gasteiger partial charge on any atom is -0.383 e. The minimum absolute atomic E-state index is 0.0755. The number of sulfonamides is 1. The lowest BCUT2D eigenvalue weighted by Crippen LogP contribution is -2.33. The van der Waals surface area contributed by atoms with Crippen LogP contribution in [0, 0.1) is 10.1 Å². The molecule has 2 aromatic rings. The summed E-state index contributed by atoms with van der Waals surface area (Å²) < 4.78 is 32.2. The molecule has 2 rings (SSSR count). The van der Waals surface area contributed by atoms with E-state index in [0.29, 0.717) is 19.7 Å². The lowest BCUT2D eigenvalue weighted by molar-refractivity contribution is -0.383. The highest BCUT2D eigenvalue weighted by molar-refractivity contribution is 7.89. The molecule has 2 N–H and O–H groups in total. The molecule has 0 unspecified atom stereocenters. The van der Waals surface area contributed by atoms with Crippen LogP contribution in [0.2, 0.25) is 0 Å². The fraction of sp³-hybridized carbons (Fsp3) is 0.357. The van der Waals surface area contributed by atoms with Crippen molar-refractivity contribution in [2.75, 3.05) is 33.4 Å². The maximum Gasteiger partial charge on any atom is 0.278 e. The van der Waals surface area contributed by atoms with Crippen molar-refractivity contribution in [2.24, 2.45) is 0 Å². The van der Waals surface area contributed by atoms with Crippen molar-refractivity contribution in [3.8, 4) is 0 Å². The van der Waals surface area contributed by atoms with Gasteiger partial charge < -0.3 is 10.1 Å². The van der Waals surface area contributed by atoms with Gasteiger partial charge in [-0.05, 0) is 18.2 Å². The van der Waals surface area contributed by atoms with Crippen LogP contribution in [0.3, 0.4) is 0 Å². The number of non-ortho nitro benzene ring substituents is 1. The Morgan fingerprint density at radius 2 is 2.04 bits per heavy atom. The van der Waals surface area contributed by atoms with Crippen LogP contribution >= 0.6 is 0 Å². The largest absolute Gasteiger partial charge is 0.383 e. The Morgan fingerprint density at radius 1 is 1.25 bits per heavy atom. The van der Waals surface area contributed by atoms with Gasteiger partial charge in [-0.15, -0.1) is 0 Å². The average Bonchev–Trinajstić information content (AvgIpc) is 2.56. The molecule has 0 saturated carbocycles. The SMILES string of the molecule is COCCNCCNS(=O)(=O)c1ccc([N+](=O)[O-])c2cccnc12. The van der Waals surface area contributed by atoms with E-state index < -0.39 is 14.9 Å². The van der Waals surface area contributed by atoms with E-state index in [1.807, 2.05) is 0 Å². The van der Waals surface area contributed by atoms with Crippen LogP contribution in [-0.4, -0.2) is 51.7 Å². The Hall–Kier alpha value is -2.14. The van der Waals surface area contributed by atoms with Crippen LogP contribution in [0.1, 0.15) is 0 Å². The van der Waals surface area contributed by atoms with Crippen molar-refractivity contribution in [3.63, 3.8) is 0 Å². The standard InChI is InChI=1S/C14H18N4O5S/c1-23-10-9-15-7-8-17-24(21,22)13-5-4-12(18(19)20)11-3-2-6-16-14(11)13/h2-6,15,17H,7-10H2,1H3. The summed E-state index contributed by atoms with van der Waals surface area (Å²) in [6.45, 7) is 1.75. The van der Waals surface area contributed by atoms with E-state index in [-0.39, 0.29) is 28.0 Å². The van der Waals surface area contributed by atoms with Gasteiger partial charge in [0.05, 0.1) is 22.4 Å². The summed E-state index contributed by atoms with van der Waals surface area (Å²) in [5.41, 5.74) is -0.107. The van der Waals surface area contributed by atoms with E-state index in [2.05, 4.69) is 15.0 Å². The monoisotopic (exact) mass is 354 g/mol. The molecule has 9 nitrogen and oxygen atoms in total. The number of nitrogens with zero attached hydrogens (tertiary/aromatic N) is 2. The third-order valence-electron chi connectivity index (χ3n) is 3.27. The molecule has 0 bridgehead atoms. The van der Waals surface area contributed by atoms with Gasteiger partial charge in [-0.2, -0.15) is 0 Å². The number of hydrogen-bond donors (Lipinski definition) is 2. The van der Waals surface area contributed by atoms with Crippen LogP contribution in [0.5, 0.6) is 0 Å². The average molecular weight is 354 g/mol. The summed E-state index contributed by atoms with van der Waals surface area (Å²) in [5, 5.41) is 14.3. The maximum absolute atomic E-state index is 12.4. The van der Waals surface area contributed by atoms with Crippen LogP contribution < -0.4 is 10.0 Å². The highest BCUT2D eigenvalue weighted by Crippen LogP contribution is 2.28. The molecule has 0 saturated heterocycles. The van der Waals surface area contributed by atoms with E-state index in [1.54, 1.807) is 7.11 Å². The first-order valence-electron chi connectivity index (χ1n) is 7.19. The molecule has 1 heterocycles. The number of rotatable bonds is 9. The van der Waals surface area contributed by atoms with Crippen LogP contribution in [0.15, 0.2) is 35.4 Å². The molecule has 0 fully saturated rings. The first-order chi connectivity index (χ1) is 11.5. The first kappa shape index (κ1) is 18.2. The summed E-state index contributed by atoms with van der Waals surface area (Å²) in [6, 6.07) is 5.38. The second-order valence-electron chi connectivity index (χ2n) is 4.88. The predicted molar refractivity (Wildman–Crippen MR) is 88.3 cm³/mol. The van der Waals surface area contributed by atoms with Gasteiger partial charge >= 0.3 is 0 Å². The molecule has 0 radical (unpaired) electrons. The van der Waals surface area contributed by atoms with Crippen molar-refractivity contribution >= 4 is 26.6 Å². The molecule has 1 aromatic carbocycles. The van der Waals surface area contributed by atoms with Crippen LogP contribution in [0.4, 0.5) is 5.69 Å². The zero-order valence-electron chi connectivity index (χ0n) is 13.1. The molecule has 0 spiro atoms. The summed E-state index contributed by atoms with van der Waals surface area (Å²) in [4.78, 5) is 14.4. The molecule has 0 aliphatic heterocycles. The molecule has 0 aliphatic carbocycles. The van der Waals surface area contributed by atoms with Crippen LogP contribution in [0.25, 0.3) is 10.9 Å². The van der Waals surface area contributed by atoms with E-state index in [9.17, 15) is 18.5 Å². The molecule has 0 atom stereocenters. The summed E-state index contributed by atoms with van der Waals surface area (Å²) >= 11 is 0. The lowest BCUT2D eigenvalue weighted by Gasteiger charge is -2.10. The molecule has 10 heteroatoms. The number of ether oxygens (including phenoxy) is 1. The van der Waals surface area contributed by atoms with Gasteiger partial charge in [0, 0.05) is 39.0 Å². The van der Waals surface area contributed by atoms with Crippen molar-refractivity contribution in [2.45, 2.75) is 4.90 Å². The van der Waals surface area contributed by atoms with Gasteiger partial charge in [0.15, 0.2) is 0 Å². The van der Waals surface area contributed by atoms with Gasteiger partial charge in [0.1, 0.15) is 4.90 Å². The Labute approximate surface area is 139 Å². The Kier molecular flexibility index (Phi) is 6.15. The number of nitrogens with one attached hydrogen (secondary N) is 2. The molecule has 1 aromatic heterocycles. The summed E-state index contributed by atoms with van der Waals surface area (Å²) in [7, 11) is -2.25. The second-order valence-corrected chi connectivity index (χ2v) is 6.62. The highest BCUT2D eigenvalue weighted by Gasteiger charge is 2.22. The van der Waals surface area contributed by atoms with Crippen molar-refractivity contribution < 1.29 is 18.1 Å². The molecule has 24 heavy (non-hydrogen) atoms. The van der Waals surface area contributed by atoms with E-state index in [4.69, 9.17) is 4.74 Å². The number of nitro benzene ring substituents is 1. The number of pyridine rings is 1. The fourth-order valence-electron chi connectivity index (χ4n) is 2.16. The number of hydrogen-bond acceptors (Lipinski definition) is 7. The molecule has 130 valence electrons. The third kappa shape index (κ3) is 4.23. The molecule has 0 amide bonds. The number of methoxy groups -OCH3 is 1. The van der Waals surface area contributed by atoms with Gasteiger partial charge in [0.25, 0.3) is 5.69 Å². The number of fused-ring (bicyclic) bond motifs is 1. The zero-order chi connectivity index (χ0) is 17.6. The second kappa shape index (κ2) is 8.11. The van der Waals surface area contributed by atoms with E-state index in [0.717, 1.165) is 0 Å². The van der Waals surface area contributed by atoms with Crippen molar-refractivity contribution in [1.29, 1.82) is 0 Å². The van der Waals surface area contributed by atoms with Gasteiger partial charge in [-0.1, -0.05) is 0 Å². The number of benzene rings is 1. The maximum atomic E-state index is 12.4. The predicted octanol–water partition coefficient (Wildman–Crippen LogP) is 0.657. The Bertz CT molecular complexity index is 825. The van der Waals surface area contributed by atoms with Crippen molar-refractivity contribution in [1.82, 2.24) is 15.0 Å². The topological polar surface area (TPSA) is 123 Å². The van der Waals surface area contributed by atoms with E-state index >= 15 is 0 Å². The molecular weight excluding hydrogens is 336 g/mol. The van der Waals surface area contributed by atoms with Gasteiger partial charge in [-0.3, -0.25) is 15.1 Å². The Balaban J connectivity index is 2.22. The fourth-order valence-corrected chi connectivity index (χ4v) is 3.35. The zero-order valence-corrected chi connectivity index (χ0v) is 13.9. The van der Waals surface area contributed by atoms with E-state index in [1.165, 1.54) is 30.5 Å². The lowest BCUT2D eigenvalue weighted by atomic mass is 10.2. The molecular formula is C14H18N4O5S. The quantitative estimate of drug-likeness (QED) is 0.385. The number of nitro groups is 1. The number of aromatic nitrogens is 1. The first-order valence-corrected chi connectivity index (χ1v) is 8.67.